The molecule has 122 valence electrons. The molecule has 2 aromatic carbocycles. The quantitative estimate of drug-likeness (QED) is 0.601. The molecule has 0 spiro atoms. The van der Waals surface area contributed by atoms with Crippen molar-refractivity contribution in [3.8, 4) is 11.1 Å². The molecule has 0 aliphatic rings. The van der Waals surface area contributed by atoms with E-state index in [1.807, 2.05) is 12.1 Å². The maximum absolute atomic E-state index is 11.4. The van der Waals surface area contributed by atoms with Crippen molar-refractivity contribution in [2.75, 3.05) is 11.1 Å². The normalized spacial score (nSPS) is 10.6. The Morgan fingerprint density at radius 1 is 1.17 bits per heavy atom. The first kappa shape index (κ1) is 16.3. The molecular weight excluding hydrogens is 349 g/mol. The molecule has 8 heteroatoms. The van der Waals surface area contributed by atoms with Crippen LogP contribution in [0, 0.1) is 0 Å². The molecule has 0 aliphatic carbocycles. The standard InChI is InChI=1S/C16H13Cl2N5O/c1-8(24)9-2-4-10(5-3-9)14-12(17)6-11(7-13(14)18)20-16-21-15(19)22-23-16/h2-7H,1H3,(H4,19,20,21,22,23). The van der Waals surface area contributed by atoms with Gasteiger partial charge in [-0.3, -0.25) is 4.79 Å². The number of nitrogens with zero attached hydrogens (tertiary/aromatic N) is 2. The smallest absolute Gasteiger partial charge is 0.248 e. The van der Waals surface area contributed by atoms with Crippen LogP contribution in [-0.4, -0.2) is 21.0 Å². The number of anilines is 3. The van der Waals surface area contributed by atoms with E-state index in [1.54, 1.807) is 24.3 Å². The van der Waals surface area contributed by atoms with E-state index in [0.29, 0.717) is 32.8 Å². The van der Waals surface area contributed by atoms with E-state index in [-0.39, 0.29) is 11.7 Å². The maximum Gasteiger partial charge on any atom is 0.248 e. The van der Waals surface area contributed by atoms with E-state index < -0.39 is 0 Å². The number of nitrogens with one attached hydrogen (secondary N) is 2. The number of rotatable bonds is 4. The highest BCUT2D eigenvalue weighted by Crippen LogP contribution is 2.37. The van der Waals surface area contributed by atoms with E-state index >= 15 is 0 Å². The van der Waals surface area contributed by atoms with Crippen LogP contribution in [0.5, 0.6) is 0 Å². The molecule has 0 aliphatic heterocycles. The van der Waals surface area contributed by atoms with Gasteiger partial charge in [-0.15, -0.1) is 5.10 Å². The van der Waals surface area contributed by atoms with Crippen molar-refractivity contribution in [3.63, 3.8) is 0 Å². The lowest BCUT2D eigenvalue weighted by atomic mass is 10.0. The van der Waals surface area contributed by atoms with E-state index in [0.717, 1.165) is 5.56 Å². The van der Waals surface area contributed by atoms with Crippen molar-refractivity contribution in [1.82, 2.24) is 15.2 Å². The van der Waals surface area contributed by atoms with E-state index in [2.05, 4.69) is 20.5 Å². The second-order valence-corrected chi connectivity index (χ2v) is 5.93. The van der Waals surface area contributed by atoms with Crippen LogP contribution in [0.4, 0.5) is 17.6 Å². The van der Waals surface area contributed by atoms with Gasteiger partial charge in [-0.25, -0.2) is 5.10 Å². The number of halogens is 2. The van der Waals surface area contributed by atoms with Gasteiger partial charge in [0, 0.05) is 16.8 Å². The van der Waals surface area contributed by atoms with Crippen LogP contribution in [-0.2, 0) is 0 Å². The van der Waals surface area contributed by atoms with Crippen LogP contribution in [0.2, 0.25) is 10.0 Å². The van der Waals surface area contributed by atoms with E-state index in [4.69, 9.17) is 28.9 Å². The van der Waals surface area contributed by atoms with Gasteiger partial charge in [-0.05, 0) is 24.6 Å². The molecule has 24 heavy (non-hydrogen) atoms. The van der Waals surface area contributed by atoms with Gasteiger partial charge in [0.15, 0.2) is 5.78 Å². The van der Waals surface area contributed by atoms with Crippen molar-refractivity contribution < 1.29 is 4.79 Å². The van der Waals surface area contributed by atoms with Gasteiger partial charge < -0.3 is 11.1 Å². The Labute approximate surface area is 148 Å². The second kappa shape index (κ2) is 6.51. The number of aromatic nitrogens is 3. The first-order valence-electron chi connectivity index (χ1n) is 6.99. The summed E-state index contributed by atoms with van der Waals surface area (Å²) < 4.78 is 0. The third-order valence-electron chi connectivity index (χ3n) is 3.38. The SMILES string of the molecule is CC(=O)c1ccc(-c2c(Cl)cc(Nc3n[nH]c(N)n3)cc2Cl)cc1. The van der Waals surface area contributed by atoms with E-state index in [9.17, 15) is 4.79 Å². The van der Waals surface area contributed by atoms with Gasteiger partial charge in [-0.1, -0.05) is 47.5 Å². The average molecular weight is 362 g/mol. The lowest BCUT2D eigenvalue weighted by Gasteiger charge is -2.11. The molecule has 0 bridgehead atoms. The van der Waals surface area contributed by atoms with Crippen LogP contribution in [0.1, 0.15) is 17.3 Å². The zero-order valence-electron chi connectivity index (χ0n) is 12.6. The molecule has 0 radical (unpaired) electrons. The molecular formula is C16H13Cl2N5O. The van der Waals surface area contributed by atoms with Crippen LogP contribution in [0.3, 0.4) is 0 Å². The number of carbonyl (C=O) groups excluding carboxylic acids is 1. The Hall–Kier alpha value is -2.57. The topological polar surface area (TPSA) is 96.7 Å². The fourth-order valence-electron chi connectivity index (χ4n) is 2.25. The van der Waals surface area contributed by atoms with Crippen LogP contribution < -0.4 is 11.1 Å². The Bertz CT molecular complexity index is 882. The van der Waals surface area contributed by atoms with Gasteiger partial charge in [0.1, 0.15) is 0 Å². The zero-order valence-corrected chi connectivity index (χ0v) is 14.1. The highest BCUT2D eigenvalue weighted by atomic mass is 35.5. The third-order valence-corrected chi connectivity index (χ3v) is 3.98. The summed E-state index contributed by atoms with van der Waals surface area (Å²) in [4.78, 5) is 15.3. The Morgan fingerprint density at radius 2 is 1.79 bits per heavy atom. The summed E-state index contributed by atoms with van der Waals surface area (Å²) >= 11 is 12.8. The molecule has 3 aromatic rings. The second-order valence-electron chi connectivity index (χ2n) is 5.12. The number of benzene rings is 2. The lowest BCUT2D eigenvalue weighted by Crippen LogP contribution is -1.95. The molecule has 0 unspecified atom stereocenters. The fraction of sp³-hybridized carbons (Fsp3) is 0.0625. The monoisotopic (exact) mass is 361 g/mol. The molecule has 0 atom stereocenters. The zero-order chi connectivity index (χ0) is 17.3. The minimum Gasteiger partial charge on any atom is -0.368 e. The largest absolute Gasteiger partial charge is 0.368 e. The predicted octanol–water partition coefficient (Wildman–Crippen LogP) is 4.31. The lowest BCUT2D eigenvalue weighted by molar-refractivity contribution is 0.101. The van der Waals surface area contributed by atoms with Crippen molar-refractivity contribution in [1.29, 1.82) is 0 Å². The van der Waals surface area contributed by atoms with Gasteiger partial charge in [0.2, 0.25) is 11.9 Å². The predicted molar refractivity (Wildman–Crippen MR) is 96.0 cm³/mol. The summed E-state index contributed by atoms with van der Waals surface area (Å²) in [5.74, 6) is 0.527. The maximum atomic E-state index is 11.4. The number of ketones is 1. The molecule has 1 heterocycles. The molecule has 0 saturated carbocycles. The van der Waals surface area contributed by atoms with Crippen molar-refractivity contribution in [2.24, 2.45) is 0 Å². The Kier molecular flexibility index (Phi) is 4.42. The summed E-state index contributed by atoms with van der Waals surface area (Å²) in [7, 11) is 0. The molecule has 1 aromatic heterocycles. The number of hydrogen-bond donors (Lipinski definition) is 3. The molecule has 3 rings (SSSR count). The first-order valence-corrected chi connectivity index (χ1v) is 7.75. The van der Waals surface area contributed by atoms with Gasteiger partial charge in [0.05, 0.1) is 10.0 Å². The van der Waals surface area contributed by atoms with Crippen LogP contribution >= 0.6 is 23.2 Å². The van der Waals surface area contributed by atoms with Crippen molar-refractivity contribution in [2.45, 2.75) is 6.92 Å². The minimum atomic E-state index is 0.00377. The van der Waals surface area contributed by atoms with E-state index in [1.165, 1.54) is 6.92 Å². The van der Waals surface area contributed by atoms with Crippen LogP contribution in [0.25, 0.3) is 11.1 Å². The van der Waals surface area contributed by atoms with Gasteiger partial charge >= 0.3 is 0 Å². The van der Waals surface area contributed by atoms with Gasteiger partial charge in [0.25, 0.3) is 0 Å². The first-order chi connectivity index (χ1) is 11.4. The van der Waals surface area contributed by atoms with Crippen molar-refractivity contribution >= 4 is 46.6 Å². The summed E-state index contributed by atoms with van der Waals surface area (Å²) in [5.41, 5.74) is 8.26. The average Bonchev–Trinajstić information content (AvgIpc) is 2.92. The summed E-state index contributed by atoms with van der Waals surface area (Å²) in [6.45, 7) is 1.52. The number of carbonyl (C=O) groups is 1. The highest BCUT2D eigenvalue weighted by Gasteiger charge is 2.12. The fourth-order valence-corrected chi connectivity index (χ4v) is 2.96. The Morgan fingerprint density at radius 3 is 2.29 bits per heavy atom. The number of nitrogen functional groups attached to an aromatic ring is 1. The molecule has 0 saturated heterocycles. The number of H-pyrrole nitrogens is 1. The molecule has 0 fully saturated rings. The van der Waals surface area contributed by atoms with Gasteiger partial charge in [-0.2, -0.15) is 4.98 Å². The highest BCUT2D eigenvalue weighted by molar-refractivity contribution is 6.39. The number of nitrogens with two attached hydrogens (primary N) is 1. The van der Waals surface area contributed by atoms with Crippen molar-refractivity contribution in [3.05, 3.63) is 52.0 Å². The molecule has 4 N–H and O–H groups in total. The van der Waals surface area contributed by atoms with Crippen LogP contribution in [0.15, 0.2) is 36.4 Å². The molecule has 6 nitrogen and oxygen atoms in total. The number of Topliss-reactive ketones (excluding diaryl/α,β-unsaturated/α-hetero) is 1. The number of aromatic amines is 1. The Balaban J connectivity index is 1.93. The third kappa shape index (κ3) is 3.34. The summed E-state index contributed by atoms with van der Waals surface area (Å²) in [6, 6.07) is 10.5. The minimum absolute atomic E-state index is 0.00377. The summed E-state index contributed by atoms with van der Waals surface area (Å²) in [6.07, 6.45) is 0. The summed E-state index contributed by atoms with van der Waals surface area (Å²) in [5, 5.41) is 10.3. The number of hydrogen-bond acceptors (Lipinski definition) is 5. The molecule has 0 amide bonds.